The summed E-state index contributed by atoms with van der Waals surface area (Å²) in [5.74, 6) is 0.525. The number of rotatable bonds is 3. The van der Waals surface area contributed by atoms with E-state index in [-0.39, 0.29) is 11.3 Å². The lowest BCUT2D eigenvalue weighted by atomic mass is 9.99. The van der Waals surface area contributed by atoms with Crippen LogP contribution in [0.4, 0.5) is 5.69 Å². The number of hydrogen-bond acceptors (Lipinski definition) is 3. The van der Waals surface area contributed by atoms with Crippen LogP contribution in [0.3, 0.4) is 0 Å². The molecule has 21 heavy (non-hydrogen) atoms. The SMILES string of the molecule is Cc1c(O)c(C2CC2)c(-c2ccc(N(C)C)cc2)[nH]c1=O. The average molecular weight is 284 g/mol. The maximum absolute atomic E-state index is 12.0. The second-order valence-electron chi connectivity index (χ2n) is 5.93. The van der Waals surface area contributed by atoms with E-state index in [1.165, 1.54) is 0 Å². The first kappa shape index (κ1) is 13.7. The molecule has 1 fully saturated rings. The van der Waals surface area contributed by atoms with Gasteiger partial charge in [-0.05, 0) is 43.4 Å². The van der Waals surface area contributed by atoms with Crippen LogP contribution in [0, 0.1) is 6.92 Å². The molecule has 1 saturated carbocycles. The van der Waals surface area contributed by atoms with Crippen molar-refractivity contribution in [3.8, 4) is 17.0 Å². The first-order valence-corrected chi connectivity index (χ1v) is 7.22. The van der Waals surface area contributed by atoms with Gasteiger partial charge in [0.15, 0.2) is 0 Å². The van der Waals surface area contributed by atoms with Crippen LogP contribution >= 0.6 is 0 Å². The second kappa shape index (κ2) is 4.95. The quantitative estimate of drug-likeness (QED) is 0.911. The number of pyridine rings is 1. The van der Waals surface area contributed by atoms with E-state index in [1.807, 2.05) is 43.3 Å². The van der Waals surface area contributed by atoms with Crippen LogP contribution in [0.5, 0.6) is 5.75 Å². The van der Waals surface area contributed by atoms with E-state index in [9.17, 15) is 9.90 Å². The highest BCUT2D eigenvalue weighted by Gasteiger charge is 2.31. The summed E-state index contributed by atoms with van der Waals surface area (Å²) in [6.07, 6.45) is 2.14. The summed E-state index contributed by atoms with van der Waals surface area (Å²) in [5, 5.41) is 10.3. The lowest BCUT2D eigenvalue weighted by Crippen LogP contribution is -2.13. The van der Waals surface area contributed by atoms with Crippen LogP contribution in [-0.2, 0) is 0 Å². The predicted molar refractivity (Wildman–Crippen MR) is 85.2 cm³/mol. The molecule has 4 nitrogen and oxygen atoms in total. The molecule has 0 spiro atoms. The topological polar surface area (TPSA) is 56.3 Å². The van der Waals surface area contributed by atoms with E-state index in [4.69, 9.17) is 0 Å². The highest BCUT2D eigenvalue weighted by molar-refractivity contribution is 5.70. The zero-order valence-electron chi connectivity index (χ0n) is 12.6. The van der Waals surface area contributed by atoms with Crippen molar-refractivity contribution in [2.75, 3.05) is 19.0 Å². The Morgan fingerprint density at radius 2 is 1.81 bits per heavy atom. The van der Waals surface area contributed by atoms with Gasteiger partial charge in [0, 0.05) is 25.3 Å². The van der Waals surface area contributed by atoms with E-state index in [1.54, 1.807) is 6.92 Å². The minimum absolute atomic E-state index is 0.160. The van der Waals surface area contributed by atoms with Crippen molar-refractivity contribution in [1.29, 1.82) is 0 Å². The van der Waals surface area contributed by atoms with Crippen molar-refractivity contribution < 1.29 is 5.11 Å². The smallest absolute Gasteiger partial charge is 0.255 e. The molecule has 0 radical (unpaired) electrons. The van der Waals surface area contributed by atoms with Crippen LogP contribution < -0.4 is 10.5 Å². The second-order valence-corrected chi connectivity index (χ2v) is 5.93. The Kier molecular flexibility index (Phi) is 3.24. The number of aromatic amines is 1. The van der Waals surface area contributed by atoms with Crippen molar-refractivity contribution >= 4 is 5.69 Å². The molecule has 2 N–H and O–H groups in total. The average Bonchev–Trinajstić information content (AvgIpc) is 3.29. The molecule has 0 unspecified atom stereocenters. The van der Waals surface area contributed by atoms with Gasteiger partial charge in [0.25, 0.3) is 5.56 Å². The van der Waals surface area contributed by atoms with Gasteiger partial charge in [-0.3, -0.25) is 4.79 Å². The lowest BCUT2D eigenvalue weighted by molar-refractivity contribution is 0.462. The molecule has 0 amide bonds. The maximum atomic E-state index is 12.0. The van der Waals surface area contributed by atoms with E-state index in [2.05, 4.69) is 4.98 Å². The standard InChI is InChI=1S/C17H20N2O2/c1-10-16(20)14(11-4-5-11)15(18-17(10)21)12-6-8-13(9-7-12)19(2)3/h6-9,11H,4-5H2,1-3H3,(H2,18,20,21). The van der Waals surface area contributed by atoms with E-state index < -0.39 is 0 Å². The Labute approximate surface area is 124 Å². The number of aromatic nitrogens is 1. The largest absolute Gasteiger partial charge is 0.507 e. The summed E-state index contributed by atoms with van der Waals surface area (Å²) in [6, 6.07) is 8.00. The highest BCUT2D eigenvalue weighted by atomic mass is 16.3. The Bertz CT molecular complexity index is 726. The first-order valence-electron chi connectivity index (χ1n) is 7.22. The minimum Gasteiger partial charge on any atom is -0.507 e. The number of aromatic hydroxyl groups is 1. The van der Waals surface area contributed by atoms with Crippen molar-refractivity contribution in [3.63, 3.8) is 0 Å². The molecule has 3 rings (SSSR count). The van der Waals surface area contributed by atoms with E-state index >= 15 is 0 Å². The molecule has 2 aromatic rings. The third kappa shape index (κ3) is 2.42. The van der Waals surface area contributed by atoms with Crippen LogP contribution in [0.25, 0.3) is 11.3 Å². The molecule has 4 heteroatoms. The summed E-state index contributed by atoms with van der Waals surface area (Å²) >= 11 is 0. The molecule has 1 aromatic carbocycles. The number of H-pyrrole nitrogens is 1. The zero-order chi connectivity index (χ0) is 15.1. The fraction of sp³-hybridized carbons (Fsp3) is 0.353. The fourth-order valence-electron chi connectivity index (χ4n) is 2.63. The summed E-state index contributed by atoms with van der Waals surface area (Å²) in [7, 11) is 3.98. The van der Waals surface area contributed by atoms with Gasteiger partial charge >= 0.3 is 0 Å². The molecule has 1 aliphatic rings. The Balaban J connectivity index is 2.15. The number of anilines is 1. The molecular weight excluding hydrogens is 264 g/mol. The third-order valence-corrected chi connectivity index (χ3v) is 4.12. The van der Waals surface area contributed by atoms with Crippen molar-refractivity contribution in [2.24, 2.45) is 0 Å². The summed E-state index contributed by atoms with van der Waals surface area (Å²) < 4.78 is 0. The molecule has 0 saturated heterocycles. The molecular formula is C17H20N2O2. The van der Waals surface area contributed by atoms with Gasteiger partial charge in [-0.25, -0.2) is 0 Å². The molecule has 110 valence electrons. The summed E-state index contributed by atoms with van der Waals surface area (Å²) in [4.78, 5) is 17.0. The van der Waals surface area contributed by atoms with Gasteiger partial charge in [0.1, 0.15) is 5.75 Å². The van der Waals surface area contributed by atoms with Crippen molar-refractivity contribution in [3.05, 3.63) is 45.7 Å². The monoisotopic (exact) mass is 284 g/mol. The van der Waals surface area contributed by atoms with Gasteiger partial charge < -0.3 is 15.0 Å². The lowest BCUT2D eigenvalue weighted by Gasteiger charge is -2.15. The third-order valence-electron chi connectivity index (χ3n) is 4.12. The Hall–Kier alpha value is -2.23. The molecule has 0 bridgehead atoms. The first-order chi connectivity index (χ1) is 9.99. The van der Waals surface area contributed by atoms with E-state index in [0.717, 1.165) is 35.3 Å². The van der Waals surface area contributed by atoms with Gasteiger partial charge in [-0.2, -0.15) is 0 Å². The van der Waals surface area contributed by atoms with Crippen molar-refractivity contribution in [2.45, 2.75) is 25.7 Å². The Morgan fingerprint density at radius 1 is 1.19 bits per heavy atom. The number of nitrogens with zero attached hydrogens (tertiary/aromatic N) is 1. The highest BCUT2D eigenvalue weighted by Crippen LogP contribution is 2.48. The number of nitrogens with one attached hydrogen (secondary N) is 1. The van der Waals surface area contributed by atoms with Gasteiger partial charge in [-0.15, -0.1) is 0 Å². The fourth-order valence-corrected chi connectivity index (χ4v) is 2.63. The van der Waals surface area contributed by atoms with Crippen LogP contribution in [0.15, 0.2) is 29.1 Å². The molecule has 1 aliphatic carbocycles. The molecule has 0 atom stereocenters. The predicted octanol–water partition coefficient (Wildman–Crippen LogP) is 3.00. The van der Waals surface area contributed by atoms with Gasteiger partial charge in [0.2, 0.25) is 0 Å². The van der Waals surface area contributed by atoms with Crippen LogP contribution in [-0.4, -0.2) is 24.2 Å². The number of hydrogen-bond donors (Lipinski definition) is 2. The molecule has 1 aromatic heterocycles. The Morgan fingerprint density at radius 3 is 2.33 bits per heavy atom. The molecule has 1 heterocycles. The van der Waals surface area contributed by atoms with Crippen LogP contribution in [0.2, 0.25) is 0 Å². The minimum atomic E-state index is -0.219. The number of benzene rings is 1. The normalized spacial score (nSPS) is 14.2. The zero-order valence-corrected chi connectivity index (χ0v) is 12.6. The molecule has 0 aliphatic heterocycles. The van der Waals surface area contributed by atoms with E-state index in [0.29, 0.717) is 11.5 Å². The van der Waals surface area contributed by atoms with Crippen LogP contribution in [0.1, 0.15) is 29.9 Å². The summed E-state index contributed by atoms with van der Waals surface area (Å²) in [6.45, 7) is 1.67. The summed E-state index contributed by atoms with van der Waals surface area (Å²) in [5.41, 5.74) is 3.88. The van der Waals surface area contributed by atoms with Gasteiger partial charge in [0.05, 0.1) is 11.3 Å². The van der Waals surface area contributed by atoms with Crippen molar-refractivity contribution in [1.82, 2.24) is 4.98 Å². The van der Waals surface area contributed by atoms with Gasteiger partial charge in [-0.1, -0.05) is 12.1 Å². The maximum Gasteiger partial charge on any atom is 0.255 e.